The first-order valence-corrected chi connectivity index (χ1v) is 8.98. The van der Waals surface area contributed by atoms with E-state index in [4.69, 9.17) is 37.4 Å². The number of carbonyl (C=O) groups excluding carboxylic acids is 2. The molecular weight excluding hydrogens is 407 g/mol. The van der Waals surface area contributed by atoms with E-state index < -0.39 is 0 Å². The summed E-state index contributed by atoms with van der Waals surface area (Å²) >= 11 is 11.8. The van der Waals surface area contributed by atoms with E-state index in [0.717, 1.165) is 0 Å². The second-order valence-electron chi connectivity index (χ2n) is 5.55. The Labute approximate surface area is 172 Å². The van der Waals surface area contributed by atoms with Gasteiger partial charge in [-0.2, -0.15) is 0 Å². The molecule has 28 heavy (non-hydrogen) atoms. The second-order valence-corrected chi connectivity index (χ2v) is 6.39. The van der Waals surface area contributed by atoms with Crippen molar-refractivity contribution < 1.29 is 23.8 Å². The van der Waals surface area contributed by atoms with Crippen molar-refractivity contribution in [2.45, 2.75) is 0 Å². The molecule has 0 atom stereocenters. The fraction of sp³-hybridized carbons (Fsp3) is 0.263. The minimum Gasteiger partial charge on any atom is -0.493 e. The molecule has 0 aliphatic heterocycles. The number of halogens is 2. The average Bonchev–Trinajstić information content (AvgIpc) is 2.69. The van der Waals surface area contributed by atoms with Crippen LogP contribution in [0.1, 0.15) is 20.7 Å². The predicted octanol–water partition coefficient (Wildman–Crippen LogP) is 3.18. The van der Waals surface area contributed by atoms with Crippen LogP contribution in [0, 0.1) is 0 Å². The maximum Gasteiger partial charge on any atom is 0.252 e. The molecule has 2 aromatic carbocycles. The molecule has 0 bridgehead atoms. The molecule has 0 aliphatic carbocycles. The highest BCUT2D eigenvalue weighted by atomic mass is 35.5. The number of rotatable bonds is 8. The number of hydrogen-bond acceptors (Lipinski definition) is 5. The lowest BCUT2D eigenvalue weighted by Gasteiger charge is -2.14. The van der Waals surface area contributed by atoms with Gasteiger partial charge in [0.2, 0.25) is 5.75 Å². The standard InChI is InChI=1S/C19H20Cl2N2O5/c1-26-15-8-11(9-16(27-2)17(15)28-3)18(24)22-6-7-23-19(25)13-5-4-12(20)10-14(13)21/h4-5,8-10H,6-7H2,1-3H3,(H,22,24)(H,23,25). The Hall–Kier alpha value is -2.64. The fourth-order valence-electron chi connectivity index (χ4n) is 2.44. The van der Waals surface area contributed by atoms with E-state index in [-0.39, 0.29) is 29.9 Å². The molecule has 2 N–H and O–H groups in total. The molecule has 150 valence electrons. The van der Waals surface area contributed by atoms with Crippen LogP contribution in [0.25, 0.3) is 0 Å². The highest BCUT2D eigenvalue weighted by Gasteiger charge is 2.17. The fourth-order valence-corrected chi connectivity index (χ4v) is 2.93. The molecule has 0 aliphatic rings. The van der Waals surface area contributed by atoms with Gasteiger partial charge in [-0.25, -0.2) is 0 Å². The summed E-state index contributed by atoms with van der Waals surface area (Å²) in [6, 6.07) is 7.69. The van der Waals surface area contributed by atoms with Gasteiger partial charge in [-0.3, -0.25) is 9.59 Å². The summed E-state index contributed by atoms with van der Waals surface area (Å²) in [4.78, 5) is 24.5. The largest absolute Gasteiger partial charge is 0.493 e. The number of hydrogen-bond donors (Lipinski definition) is 2. The number of ether oxygens (including phenoxy) is 3. The van der Waals surface area contributed by atoms with Crippen molar-refractivity contribution in [3.05, 3.63) is 51.5 Å². The molecule has 0 saturated heterocycles. The van der Waals surface area contributed by atoms with Crippen molar-refractivity contribution in [3.63, 3.8) is 0 Å². The zero-order valence-corrected chi connectivity index (χ0v) is 17.1. The van der Waals surface area contributed by atoms with Crippen molar-refractivity contribution in [2.24, 2.45) is 0 Å². The summed E-state index contributed by atoms with van der Waals surface area (Å²) in [6.07, 6.45) is 0. The van der Waals surface area contributed by atoms with Gasteiger partial charge in [0, 0.05) is 23.7 Å². The van der Waals surface area contributed by atoms with Crippen molar-refractivity contribution in [3.8, 4) is 17.2 Å². The molecule has 0 spiro atoms. The second kappa shape index (κ2) is 10.1. The Morgan fingerprint density at radius 1 is 0.857 bits per heavy atom. The zero-order chi connectivity index (χ0) is 20.7. The van der Waals surface area contributed by atoms with Crippen LogP contribution in [0.2, 0.25) is 10.0 Å². The lowest BCUT2D eigenvalue weighted by atomic mass is 10.1. The lowest BCUT2D eigenvalue weighted by Crippen LogP contribution is -2.34. The van der Waals surface area contributed by atoms with Crippen LogP contribution in [0.5, 0.6) is 17.2 Å². The Morgan fingerprint density at radius 3 is 1.93 bits per heavy atom. The quantitative estimate of drug-likeness (QED) is 0.633. The Kier molecular flexibility index (Phi) is 7.78. The molecule has 7 nitrogen and oxygen atoms in total. The summed E-state index contributed by atoms with van der Waals surface area (Å²) in [5.74, 6) is 0.436. The first-order chi connectivity index (χ1) is 13.4. The summed E-state index contributed by atoms with van der Waals surface area (Å²) in [5, 5.41) is 6.09. The van der Waals surface area contributed by atoms with Gasteiger partial charge in [0.05, 0.1) is 31.9 Å². The van der Waals surface area contributed by atoms with Gasteiger partial charge in [-0.15, -0.1) is 0 Å². The highest BCUT2D eigenvalue weighted by molar-refractivity contribution is 6.36. The SMILES string of the molecule is COc1cc(C(=O)NCCNC(=O)c2ccc(Cl)cc2Cl)cc(OC)c1OC. The average molecular weight is 427 g/mol. The van der Waals surface area contributed by atoms with E-state index in [2.05, 4.69) is 10.6 Å². The Morgan fingerprint density at radius 2 is 1.43 bits per heavy atom. The van der Waals surface area contributed by atoms with Gasteiger partial charge in [0.1, 0.15) is 0 Å². The first kappa shape index (κ1) is 21.7. The van der Waals surface area contributed by atoms with Crippen LogP contribution in [0.15, 0.2) is 30.3 Å². The topological polar surface area (TPSA) is 85.9 Å². The molecule has 2 aromatic rings. The number of amides is 2. The minimum absolute atomic E-state index is 0.215. The number of benzene rings is 2. The molecule has 0 saturated carbocycles. The Balaban J connectivity index is 1.94. The molecule has 0 heterocycles. The Bertz CT molecular complexity index is 848. The maximum atomic E-state index is 12.4. The molecular formula is C19H20Cl2N2O5. The number of methoxy groups -OCH3 is 3. The summed E-state index contributed by atoms with van der Waals surface area (Å²) < 4.78 is 15.7. The van der Waals surface area contributed by atoms with Gasteiger partial charge in [0.25, 0.3) is 11.8 Å². The molecule has 2 amide bonds. The molecule has 0 aromatic heterocycles. The third kappa shape index (κ3) is 5.21. The summed E-state index contributed by atoms with van der Waals surface area (Å²) in [7, 11) is 4.42. The number of nitrogens with one attached hydrogen (secondary N) is 2. The van der Waals surface area contributed by atoms with Crippen molar-refractivity contribution >= 4 is 35.0 Å². The summed E-state index contributed by atoms with van der Waals surface area (Å²) in [6.45, 7) is 0.431. The third-order valence-corrected chi connectivity index (χ3v) is 4.35. The van der Waals surface area contributed by atoms with E-state index in [1.165, 1.54) is 33.5 Å². The van der Waals surface area contributed by atoms with Crippen LogP contribution in [0.3, 0.4) is 0 Å². The van der Waals surface area contributed by atoms with E-state index in [9.17, 15) is 9.59 Å². The van der Waals surface area contributed by atoms with Crippen LogP contribution in [-0.2, 0) is 0 Å². The van der Waals surface area contributed by atoms with Gasteiger partial charge >= 0.3 is 0 Å². The van der Waals surface area contributed by atoms with E-state index in [0.29, 0.717) is 33.4 Å². The van der Waals surface area contributed by atoms with Gasteiger partial charge < -0.3 is 24.8 Å². The molecule has 0 unspecified atom stereocenters. The summed E-state index contributed by atoms with van der Waals surface area (Å²) in [5.41, 5.74) is 0.642. The van der Waals surface area contributed by atoms with E-state index in [1.807, 2.05) is 0 Å². The van der Waals surface area contributed by atoms with Crippen LogP contribution < -0.4 is 24.8 Å². The normalized spacial score (nSPS) is 10.2. The van der Waals surface area contributed by atoms with Crippen LogP contribution in [0.4, 0.5) is 0 Å². The molecule has 0 radical (unpaired) electrons. The van der Waals surface area contributed by atoms with Crippen LogP contribution in [-0.4, -0.2) is 46.2 Å². The number of carbonyl (C=O) groups is 2. The van der Waals surface area contributed by atoms with Crippen molar-refractivity contribution in [1.82, 2.24) is 10.6 Å². The first-order valence-electron chi connectivity index (χ1n) is 8.22. The third-order valence-electron chi connectivity index (χ3n) is 3.80. The van der Waals surface area contributed by atoms with Crippen molar-refractivity contribution in [2.75, 3.05) is 34.4 Å². The van der Waals surface area contributed by atoms with Gasteiger partial charge in [0.15, 0.2) is 11.5 Å². The van der Waals surface area contributed by atoms with Gasteiger partial charge in [-0.1, -0.05) is 23.2 Å². The van der Waals surface area contributed by atoms with E-state index >= 15 is 0 Å². The van der Waals surface area contributed by atoms with Gasteiger partial charge in [-0.05, 0) is 30.3 Å². The minimum atomic E-state index is -0.358. The highest BCUT2D eigenvalue weighted by Crippen LogP contribution is 2.38. The molecule has 0 fully saturated rings. The van der Waals surface area contributed by atoms with Crippen LogP contribution >= 0.6 is 23.2 Å². The maximum absolute atomic E-state index is 12.4. The zero-order valence-electron chi connectivity index (χ0n) is 15.6. The molecule has 2 rings (SSSR count). The van der Waals surface area contributed by atoms with Crippen molar-refractivity contribution in [1.29, 1.82) is 0 Å². The smallest absolute Gasteiger partial charge is 0.252 e. The lowest BCUT2D eigenvalue weighted by molar-refractivity contribution is 0.0927. The predicted molar refractivity (Wildman–Crippen MR) is 107 cm³/mol. The monoisotopic (exact) mass is 426 g/mol. The van der Waals surface area contributed by atoms with E-state index in [1.54, 1.807) is 18.2 Å². The molecule has 9 heteroatoms.